The van der Waals surface area contributed by atoms with Crippen molar-refractivity contribution in [1.29, 1.82) is 0 Å². The Morgan fingerprint density at radius 1 is 1.45 bits per heavy atom. The number of nitrogens with two attached hydrogens (primary N) is 2. The Morgan fingerprint density at radius 2 is 2.15 bits per heavy atom. The van der Waals surface area contributed by atoms with E-state index < -0.39 is 0 Å². The first-order valence-corrected chi connectivity index (χ1v) is 5.97. The molecule has 1 aromatic rings. The van der Waals surface area contributed by atoms with Crippen LogP contribution in [0.5, 0.6) is 0 Å². The summed E-state index contributed by atoms with van der Waals surface area (Å²) in [5.74, 6) is 5.50. The van der Waals surface area contributed by atoms with Crippen LogP contribution in [0.15, 0.2) is 60.0 Å². The van der Waals surface area contributed by atoms with Gasteiger partial charge in [0.1, 0.15) is 5.76 Å². The first kappa shape index (κ1) is 15.5. The molecular weight excluding hydrogens is 254 g/mol. The molecule has 5 nitrogen and oxygen atoms in total. The van der Waals surface area contributed by atoms with E-state index in [1.54, 1.807) is 37.3 Å². The molecule has 106 valence electrons. The van der Waals surface area contributed by atoms with E-state index in [0.717, 1.165) is 0 Å². The van der Waals surface area contributed by atoms with Crippen molar-refractivity contribution in [2.75, 3.05) is 12.8 Å². The number of rotatable bonds is 6. The molecule has 1 aromatic carbocycles. The van der Waals surface area contributed by atoms with Gasteiger partial charge in [0.2, 0.25) is 0 Å². The zero-order chi connectivity index (χ0) is 15.1. The van der Waals surface area contributed by atoms with E-state index in [-0.39, 0.29) is 5.78 Å². The second-order valence-corrected chi connectivity index (χ2v) is 4.18. The Morgan fingerprint density at radius 3 is 2.70 bits per heavy atom. The number of hydrazine groups is 1. The summed E-state index contributed by atoms with van der Waals surface area (Å²) < 4.78 is 5.09. The van der Waals surface area contributed by atoms with Crippen LogP contribution in [0.1, 0.15) is 17.3 Å². The van der Waals surface area contributed by atoms with Gasteiger partial charge in [0.25, 0.3) is 0 Å². The summed E-state index contributed by atoms with van der Waals surface area (Å²) in [6.07, 6.45) is 3.15. The van der Waals surface area contributed by atoms with Gasteiger partial charge in [-0.1, -0.05) is 18.7 Å². The maximum Gasteiger partial charge on any atom is 0.192 e. The van der Waals surface area contributed by atoms with Crippen molar-refractivity contribution in [2.24, 2.45) is 5.84 Å². The molecule has 0 fully saturated rings. The van der Waals surface area contributed by atoms with Gasteiger partial charge in [-0.05, 0) is 30.7 Å². The molecule has 0 saturated heterocycles. The summed E-state index contributed by atoms with van der Waals surface area (Å²) >= 11 is 0. The highest BCUT2D eigenvalue weighted by Crippen LogP contribution is 2.17. The number of ketones is 1. The fourth-order valence-corrected chi connectivity index (χ4v) is 1.58. The summed E-state index contributed by atoms with van der Waals surface area (Å²) in [7, 11) is 1.51. The van der Waals surface area contributed by atoms with Crippen LogP contribution in [0, 0.1) is 0 Å². The highest BCUT2D eigenvalue weighted by atomic mass is 16.5. The van der Waals surface area contributed by atoms with Gasteiger partial charge in [-0.3, -0.25) is 10.6 Å². The number of ether oxygens (including phenoxy) is 1. The van der Waals surface area contributed by atoms with Crippen molar-refractivity contribution >= 4 is 11.5 Å². The highest BCUT2D eigenvalue weighted by molar-refractivity contribution is 6.11. The maximum atomic E-state index is 12.3. The second-order valence-electron chi connectivity index (χ2n) is 4.18. The summed E-state index contributed by atoms with van der Waals surface area (Å²) in [5.41, 5.74) is 10.1. The largest absolute Gasteiger partial charge is 0.495 e. The number of carbonyl (C=O) groups excluding carboxylic acids is 1. The summed E-state index contributed by atoms with van der Waals surface area (Å²) in [6.45, 7) is 5.59. The molecule has 5 N–H and O–H groups in total. The number of nitrogen functional groups attached to an aromatic ring is 1. The highest BCUT2D eigenvalue weighted by Gasteiger charge is 2.12. The molecule has 0 radical (unpaired) electrons. The van der Waals surface area contributed by atoms with Crippen LogP contribution < -0.4 is 17.0 Å². The van der Waals surface area contributed by atoms with Gasteiger partial charge in [0.05, 0.1) is 13.3 Å². The van der Waals surface area contributed by atoms with E-state index in [9.17, 15) is 4.79 Å². The number of nitrogens with one attached hydrogen (secondary N) is 1. The zero-order valence-electron chi connectivity index (χ0n) is 11.6. The van der Waals surface area contributed by atoms with Crippen molar-refractivity contribution < 1.29 is 9.53 Å². The van der Waals surface area contributed by atoms with Crippen molar-refractivity contribution in [3.63, 3.8) is 0 Å². The molecular formula is C15H19N3O2. The molecule has 0 aromatic heterocycles. The number of allylic oxidation sites excluding steroid dienone is 3. The Balaban J connectivity index is 2.97. The second kappa shape index (κ2) is 7.16. The van der Waals surface area contributed by atoms with Crippen molar-refractivity contribution in [3.05, 3.63) is 65.6 Å². The minimum Gasteiger partial charge on any atom is -0.495 e. The lowest BCUT2D eigenvalue weighted by molar-refractivity contribution is 0.103. The molecule has 0 saturated carbocycles. The molecule has 0 aliphatic heterocycles. The lowest BCUT2D eigenvalue weighted by Gasteiger charge is -2.08. The van der Waals surface area contributed by atoms with Gasteiger partial charge in [0, 0.05) is 16.8 Å². The average molecular weight is 273 g/mol. The van der Waals surface area contributed by atoms with E-state index in [0.29, 0.717) is 28.2 Å². The zero-order valence-corrected chi connectivity index (χ0v) is 11.6. The molecule has 0 heterocycles. The number of anilines is 1. The average Bonchev–Trinajstić information content (AvgIpc) is 2.45. The van der Waals surface area contributed by atoms with Gasteiger partial charge in [-0.15, -0.1) is 0 Å². The molecule has 0 aliphatic rings. The molecule has 0 spiro atoms. The van der Waals surface area contributed by atoms with Crippen LogP contribution >= 0.6 is 0 Å². The third-order valence-corrected chi connectivity index (χ3v) is 2.72. The monoisotopic (exact) mass is 273 g/mol. The predicted octanol–water partition coefficient (Wildman–Crippen LogP) is 1.91. The van der Waals surface area contributed by atoms with Gasteiger partial charge >= 0.3 is 0 Å². The first-order chi connectivity index (χ1) is 9.49. The molecule has 5 heteroatoms. The number of hydrogen-bond donors (Lipinski definition) is 3. The Kier molecular flexibility index (Phi) is 5.56. The quantitative estimate of drug-likeness (QED) is 0.140. The van der Waals surface area contributed by atoms with E-state index >= 15 is 0 Å². The lowest BCUT2D eigenvalue weighted by Crippen LogP contribution is -2.14. The van der Waals surface area contributed by atoms with E-state index in [1.165, 1.54) is 13.3 Å². The van der Waals surface area contributed by atoms with Crippen LogP contribution in [-0.4, -0.2) is 12.9 Å². The van der Waals surface area contributed by atoms with Crippen LogP contribution in [0.25, 0.3) is 0 Å². The molecule has 0 atom stereocenters. The Bertz CT molecular complexity index is 574. The van der Waals surface area contributed by atoms with Crippen LogP contribution in [0.2, 0.25) is 0 Å². The minimum absolute atomic E-state index is 0.179. The van der Waals surface area contributed by atoms with Crippen molar-refractivity contribution in [3.8, 4) is 0 Å². The topological polar surface area (TPSA) is 90.4 Å². The summed E-state index contributed by atoms with van der Waals surface area (Å²) in [5, 5.41) is 0. The fraction of sp³-hybridized carbons (Fsp3) is 0.133. The first-order valence-electron chi connectivity index (χ1n) is 5.97. The molecule has 0 bridgehead atoms. The number of carbonyl (C=O) groups is 1. The van der Waals surface area contributed by atoms with Gasteiger partial charge in [0.15, 0.2) is 5.78 Å². The van der Waals surface area contributed by atoms with Crippen molar-refractivity contribution in [1.82, 2.24) is 5.43 Å². The maximum absolute atomic E-state index is 12.3. The number of hydrogen-bond acceptors (Lipinski definition) is 5. The minimum atomic E-state index is -0.179. The fourth-order valence-electron chi connectivity index (χ4n) is 1.58. The smallest absolute Gasteiger partial charge is 0.192 e. The normalized spacial score (nSPS) is 11.9. The third-order valence-electron chi connectivity index (χ3n) is 2.72. The third kappa shape index (κ3) is 4.00. The summed E-state index contributed by atoms with van der Waals surface area (Å²) in [6, 6.07) is 6.77. The standard InChI is InChI=1S/C15H19N3O2/c1-10(7-14(20-3)9-18-17)11(2)15(19)12-5-4-6-13(16)8-12/h4-9,18H,2,16-17H2,1,3H3/b10-7+,14-9+. The molecule has 0 unspecified atom stereocenters. The van der Waals surface area contributed by atoms with Gasteiger partial charge in [-0.2, -0.15) is 0 Å². The van der Waals surface area contributed by atoms with E-state index in [4.69, 9.17) is 16.3 Å². The molecule has 0 aliphatic carbocycles. The molecule has 1 rings (SSSR count). The molecule has 0 amide bonds. The van der Waals surface area contributed by atoms with Crippen LogP contribution in [0.4, 0.5) is 5.69 Å². The lowest BCUT2D eigenvalue weighted by atomic mass is 9.98. The van der Waals surface area contributed by atoms with Crippen LogP contribution in [0.3, 0.4) is 0 Å². The van der Waals surface area contributed by atoms with E-state index in [2.05, 4.69) is 12.0 Å². The predicted molar refractivity (Wildman–Crippen MR) is 80.5 cm³/mol. The van der Waals surface area contributed by atoms with E-state index in [1.807, 2.05) is 0 Å². The van der Waals surface area contributed by atoms with Gasteiger partial charge in [-0.25, -0.2) is 0 Å². The van der Waals surface area contributed by atoms with Crippen LogP contribution in [-0.2, 0) is 4.74 Å². The molecule has 20 heavy (non-hydrogen) atoms. The number of benzene rings is 1. The SMILES string of the molecule is C=C(C(=O)c1cccc(N)c1)/C(C)=C/C(=C\NN)OC. The van der Waals surface area contributed by atoms with Crippen molar-refractivity contribution in [2.45, 2.75) is 6.92 Å². The number of methoxy groups -OCH3 is 1. The number of Topliss-reactive ketones (excluding diaryl/α,β-unsaturated/α-hetero) is 1. The Labute approximate surface area is 118 Å². The Hall–Kier alpha value is -2.53. The summed E-state index contributed by atoms with van der Waals surface area (Å²) in [4.78, 5) is 12.3. The van der Waals surface area contributed by atoms with Gasteiger partial charge < -0.3 is 15.9 Å².